The van der Waals surface area contributed by atoms with Gasteiger partial charge in [-0.15, -0.1) is 0 Å². The molecule has 90 valence electrons. The fourth-order valence-corrected chi connectivity index (χ4v) is 2.18. The van der Waals surface area contributed by atoms with Crippen molar-refractivity contribution in [3.8, 4) is 0 Å². The number of aromatic nitrogens is 3. The second-order valence-electron chi connectivity index (χ2n) is 3.91. The lowest BCUT2D eigenvalue weighted by Crippen LogP contribution is -2.05. The topological polar surface area (TPSA) is 33.6 Å². The summed E-state index contributed by atoms with van der Waals surface area (Å²) in [5, 5.41) is 7.12. The van der Waals surface area contributed by atoms with Gasteiger partial charge in [-0.2, -0.15) is 5.10 Å². The number of halogens is 1. The Morgan fingerprint density at radius 1 is 1.35 bits per heavy atom. The monoisotopic (exact) mass is 311 g/mol. The van der Waals surface area contributed by atoms with Crippen molar-refractivity contribution in [1.29, 1.82) is 0 Å². The molecule has 2 rings (SSSR count). The first-order valence-corrected chi connectivity index (χ1v) is 6.79. The summed E-state index contributed by atoms with van der Waals surface area (Å²) >= 11 is 8.68. The van der Waals surface area contributed by atoms with Crippen molar-refractivity contribution in [2.45, 2.75) is 26.3 Å². The van der Waals surface area contributed by atoms with E-state index in [0.717, 1.165) is 29.7 Å². The molecule has 0 fully saturated rings. The van der Waals surface area contributed by atoms with Crippen LogP contribution in [0.2, 0.25) is 0 Å². The highest BCUT2D eigenvalue weighted by atomic mass is 79.9. The van der Waals surface area contributed by atoms with Crippen LogP contribution < -0.4 is 0 Å². The average molecular weight is 312 g/mol. The number of H-pyrrole nitrogens is 1. The van der Waals surface area contributed by atoms with Crippen molar-refractivity contribution in [2.75, 3.05) is 0 Å². The SMILES string of the molecule is CCCc1n[nH]c(=S)n1Cc1ccc(Br)cc1. The largest absolute Gasteiger partial charge is 0.300 e. The zero-order chi connectivity index (χ0) is 12.3. The lowest BCUT2D eigenvalue weighted by atomic mass is 10.2. The number of aromatic amines is 1. The first-order chi connectivity index (χ1) is 8.20. The molecule has 0 aliphatic heterocycles. The molecule has 0 amide bonds. The molecule has 0 saturated carbocycles. The Bertz CT molecular complexity index is 542. The Kier molecular flexibility index (Phi) is 4.12. The third-order valence-corrected chi connectivity index (χ3v) is 3.41. The van der Waals surface area contributed by atoms with Crippen LogP contribution in [0.5, 0.6) is 0 Å². The molecular weight excluding hydrogens is 298 g/mol. The number of hydrogen-bond acceptors (Lipinski definition) is 2. The molecule has 0 radical (unpaired) electrons. The standard InChI is InChI=1S/C12H14BrN3S/c1-2-3-11-14-15-12(17)16(11)8-9-4-6-10(13)7-5-9/h4-7H,2-3,8H2,1H3,(H,15,17). The molecule has 0 aliphatic rings. The maximum Gasteiger partial charge on any atom is 0.195 e. The Labute approximate surface area is 114 Å². The summed E-state index contributed by atoms with van der Waals surface area (Å²) in [4.78, 5) is 0. The molecule has 0 spiro atoms. The lowest BCUT2D eigenvalue weighted by molar-refractivity contribution is 0.699. The van der Waals surface area contributed by atoms with E-state index in [2.05, 4.69) is 49.8 Å². The van der Waals surface area contributed by atoms with Gasteiger partial charge < -0.3 is 0 Å². The maximum atomic E-state index is 5.25. The van der Waals surface area contributed by atoms with Gasteiger partial charge in [0, 0.05) is 10.9 Å². The van der Waals surface area contributed by atoms with Crippen molar-refractivity contribution in [3.63, 3.8) is 0 Å². The maximum absolute atomic E-state index is 5.25. The number of nitrogens with zero attached hydrogens (tertiary/aromatic N) is 2. The normalized spacial score (nSPS) is 10.7. The molecule has 3 nitrogen and oxygen atoms in total. The Morgan fingerprint density at radius 2 is 2.06 bits per heavy atom. The van der Waals surface area contributed by atoms with E-state index in [1.54, 1.807) is 0 Å². The van der Waals surface area contributed by atoms with Crippen LogP contribution in [0.3, 0.4) is 0 Å². The minimum atomic E-state index is 0.691. The number of nitrogens with one attached hydrogen (secondary N) is 1. The van der Waals surface area contributed by atoms with E-state index in [9.17, 15) is 0 Å². The molecule has 1 N–H and O–H groups in total. The van der Waals surface area contributed by atoms with Crippen LogP contribution in [-0.2, 0) is 13.0 Å². The molecule has 1 heterocycles. The number of benzene rings is 1. The van der Waals surface area contributed by atoms with Gasteiger partial charge >= 0.3 is 0 Å². The number of aryl methyl sites for hydroxylation is 1. The first-order valence-electron chi connectivity index (χ1n) is 5.59. The molecule has 0 bridgehead atoms. The summed E-state index contributed by atoms with van der Waals surface area (Å²) in [6, 6.07) is 8.26. The van der Waals surface area contributed by atoms with Gasteiger partial charge in [0.15, 0.2) is 4.77 Å². The predicted molar refractivity (Wildman–Crippen MR) is 74.7 cm³/mol. The molecular formula is C12H14BrN3S. The van der Waals surface area contributed by atoms with Crippen LogP contribution in [0.4, 0.5) is 0 Å². The van der Waals surface area contributed by atoms with Gasteiger partial charge in [0.05, 0.1) is 6.54 Å². The van der Waals surface area contributed by atoms with E-state index in [1.807, 2.05) is 12.1 Å². The molecule has 17 heavy (non-hydrogen) atoms. The second-order valence-corrected chi connectivity index (χ2v) is 5.21. The highest BCUT2D eigenvalue weighted by molar-refractivity contribution is 9.10. The van der Waals surface area contributed by atoms with Gasteiger partial charge in [-0.1, -0.05) is 35.0 Å². The average Bonchev–Trinajstić information content (AvgIpc) is 2.65. The van der Waals surface area contributed by atoms with Crippen LogP contribution in [0.15, 0.2) is 28.7 Å². The zero-order valence-corrected chi connectivity index (χ0v) is 12.0. The van der Waals surface area contributed by atoms with Crippen molar-refractivity contribution < 1.29 is 0 Å². The van der Waals surface area contributed by atoms with Crippen molar-refractivity contribution in [2.24, 2.45) is 0 Å². The number of hydrogen-bond donors (Lipinski definition) is 1. The van der Waals surface area contributed by atoms with E-state index in [1.165, 1.54) is 5.56 Å². The summed E-state index contributed by atoms with van der Waals surface area (Å²) in [6.45, 7) is 2.92. The van der Waals surface area contributed by atoms with Gasteiger partial charge in [-0.3, -0.25) is 9.67 Å². The molecule has 0 saturated heterocycles. The highest BCUT2D eigenvalue weighted by Crippen LogP contribution is 2.12. The van der Waals surface area contributed by atoms with Gasteiger partial charge in [0.2, 0.25) is 0 Å². The van der Waals surface area contributed by atoms with Gasteiger partial charge in [-0.25, -0.2) is 0 Å². The second kappa shape index (κ2) is 5.60. The smallest absolute Gasteiger partial charge is 0.195 e. The predicted octanol–water partition coefficient (Wildman–Crippen LogP) is 3.70. The first kappa shape index (κ1) is 12.5. The summed E-state index contributed by atoms with van der Waals surface area (Å²) in [6.07, 6.45) is 2.02. The minimum Gasteiger partial charge on any atom is -0.300 e. The lowest BCUT2D eigenvalue weighted by Gasteiger charge is -2.06. The molecule has 1 aromatic heterocycles. The zero-order valence-electron chi connectivity index (χ0n) is 9.61. The summed E-state index contributed by atoms with van der Waals surface area (Å²) < 4.78 is 3.84. The fourth-order valence-electron chi connectivity index (χ4n) is 1.70. The fraction of sp³-hybridized carbons (Fsp3) is 0.333. The van der Waals surface area contributed by atoms with E-state index in [-0.39, 0.29) is 0 Å². The molecule has 0 unspecified atom stereocenters. The summed E-state index contributed by atoms with van der Waals surface area (Å²) in [7, 11) is 0. The van der Waals surface area contributed by atoms with E-state index in [4.69, 9.17) is 12.2 Å². The van der Waals surface area contributed by atoms with Crippen molar-refractivity contribution in [1.82, 2.24) is 14.8 Å². The quantitative estimate of drug-likeness (QED) is 0.873. The molecule has 2 aromatic rings. The van der Waals surface area contributed by atoms with Crippen molar-refractivity contribution >= 4 is 28.1 Å². The van der Waals surface area contributed by atoms with E-state index >= 15 is 0 Å². The molecule has 0 atom stereocenters. The Hall–Kier alpha value is -0.940. The third kappa shape index (κ3) is 3.04. The van der Waals surface area contributed by atoms with Gasteiger partial charge in [-0.05, 0) is 36.3 Å². The summed E-state index contributed by atoms with van der Waals surface area (Å²) in [5.74, 6) is 1.03. The third-order valence-electron chi connectivity index (χ3n) is 2.56. The molecule has 5 heteroatoms. The highest BCUT2D eigenvalue weighted by Gasteiger charge is 2.05. The van der Waals surface area contributed by atoms with Crippen LogP contribution in [0, 0.1) is 4.77 Å². The Balaban J connectivity index is 2.26. The summed E-state index contributed by atoms with van der Waals surface area (Å²) in [5.41, 5.74) is 1.23. The van der Waals surface area contributed by atoms with Crippen molar-refractivity contribution in [3.05, 3.63) is 44.9 Å². The van der Waals surface area contributed by atoms with E-state index in [0.29, 0.717) is 4.77 Å². The van der Waals surface area contributed by atoms with Crippen LogP contribution >= 0.6 is 28.1 Å². The molecule has 1 aromatic carbocycles. The van der Waals surface area contributed by atoms with E-state index < -0.39 is 0 Å². The van der Waals surface area contributed by atoms with Gasteiger partial charge in [0.1, 0.15) is 5.82 Å². The number of rotatable bonds is 4. The Morgan fingerprint density at radius 3 is 2.71 bits per heavy atom. The minimum absolute atomic E-state index is 0.691. The van der Waals surface area contributed by atoms with Crippen LogP contribution in [0.25, 0.3) is 0 Å². The van der Waals surface area contributed by atoms with Crippen LogP contribution in [-0.4, -0.2) is 14.8 Å². The van der Waals surface area contributed by atoms with Crippen LogP contribution in [0.1, 0.15) is 24.7 Å². The van der Waals surface area contributed by atoms with Gasteiger partial charge in [0.25, 0.3) is 0 Å². The molecule has 0 aliphatic carbocycles.